The number of benzene rings is 6. The third-order valence-corrected chi connectivity index (χ3v) is 21.5. The third-order valence-electron chi connectivity index (χ3n) is 21.5. The van der Waals surface area contributed by atoms with E-state index in [1.807, 2.05) is 91.0 Å². The summed E-state index contributed by atoms with van der Waals surface area (Å²) in [7, 11) is 1.52. The first-order valence-corrected chi connectivity index (χ1v) is 38.6. The monoisotopic (exact) mass is 1580 g/mol. The van der Waals surface area contributed by atoms with Crippen LogP contribution in [0.1, 0.15) is 128 Å². The van der Waals surface area contributed by atoms with E-state index in [1.165, 1.54) is 83.0 Å². The normalized spacial score (nSPS) is 28.6. The van der Waals surface area contributed by atoms with Gasteiger partial charge in [-0.15, -0.1) is 0 Å². The highest BCUT2D eigenvalue weighted by atomic mass is 16.6. The van der Waals surface area contributed by atoms with E-state index in [4.69, 9.17) is 18.9 Å². The largest absolute Gasteiger partial charge is 0.507 e. The van der Waals surface area contributed by atoms with Crippen molar-refractivity contribution in [3.63, 3.8) is 0 Å². The Kier molecular flexibility index (Phi) is 28.9. The molecule has 115 heavy (non-hydrogen) atoms. The van der Waals surface area contributed by atoms with Crippen LogP contribution in [0.5, 0.6) is 17.2 Å². The predicted molar refractivity (Wildman–Crippen MR) is 413 cm³/mol. The standard InChI is InChI=1S/C29H35N3O7.C28H33N3O7.C28H32N2O8/c1-16-25(34)21(15-18-9-5-4-6-10-18)30-27(36)23(31-26(35)20-11-7-8-12-22(20)33)17(2)39-29(38)24(19-13-14-19)32(3)28(16)37;1-15-24(33)20(14-17-8-4-3-5-9-17)29-27(36)22(30-26(35)19-10-6-7-11-21(19)32)16(2)38-28(37)23(18-12-13-18)31-25(15)34;1-15-23(32)20(14-17-8-4-3-5-9-17)29-26(34)22(30-25(33)19-10-6-7-11-21(19)31)16(2)37-28(36)24(18-12-13-18)38-27(15)35/h4-12,16-17,19,21,23-25,33-34H,13-15H2,1-3H3,(H,30,36)(H,31,35);3-11,15-16,18,20,22-24,32-33H,12-14H2,1-2H3,(H,29,36)(H,30,35)(H,31,34);3-11,15-16,18,20,22-24,31-32H,12-14H2,1-2H3,(H,29,34)(H,30,33)/t16-,17-,21+,23+,24?,25+;15-,16-,20+,22+,23?,24+;15-,16-,20+,22+,23+,24?/m111/s1. The first kappa shape index (κ1) is 85.7. The number of nitrogens with one attached hydrogen (secondary N) is 7. The van der Waals surface area contributed by atoms with Gasteiger partial charge in [-0.1, -0.05) is 141 Å². The molecule has 0 aromatic heterocycles. The van der Waals surface area contributed by atoms with Gasteiger partial charge in [0.1, 0.15) is 65.8 Å². The van der Waals surface area contributed by atoms with Gasteiger partial charge in [0.05, 0.1) is 70.9 Å². The van der Waals surface area contributed by atoms with Crippen molar-refractivity contribution >= 4 is 71.1 Å². The van der Waals surface area contributed by atoms with Crippen LogP contribution in [0, 0.1) is 35.5 Å². The Morgan fingerprint density at radius 1 is 0.374 bits per heavy atom. The Labute approximate surface area is 664 Å². The molecular weight excluding hydrogens is 1480 g/mol. The lowest BCUT2D eigenvalue weighted by molar-refractivity contribution is -0.178. The van der Waals surface area contributed by atoms with Crippen molar-refractivity contribution in [3.8, 4) is 17.2 Å². The zero-order valence-electron chi connectivity index (χ0n) is 64.7. The van der Waals surface area contributed by atoms with E-state index in [1.54, 1.807) is 43.3 Å². The maximum Gasteiger partial charge on any atom is 0.348 e. The number of nitrogens with zero attached hydrogens (tertiary/aromatic N) is 1. The molecule has 3 saturated carbocycles. The van der Waals surface area contributed by atoms with E-state index < -0.39 is 180 Å². The molecule has 0 bridgehead atoms. The van der Waals surface area contributed by atoms with E-state index >= 15 is 0 Å². The topological polar surface area (TPSA) is 451 Å². The molecule has 3 unspecified atom stereocenters. The number of rotatable bonds is 15. The van der Waals surface area contributed by atoms with Gasteiger partial charge in [-0.25, -0.2) is 14.4 Å². The number of esters is 4. The van der Waals surface area contributed by atoms with Gasteiger partial charge in [0, 0.05) is 13.0 Å². The van der Waals surface area contributed by atoms with Gasteiger partial charge in [0.15, 0.2) is 0 Å². The fourth-order valence-corrected chi connectivity index (χ4v) is 14.1. The molecule has 6 fully saturated rings. The van der Waals surface area contributed by atoms with Crippen LogP contribution in [0.4, 0.5) is 0 Å². The highest BCUT2D eigenvalue weighted by molar-refractivity contribution is 6.02. The molecule has 12 rings (SSSR count). The summed E-state index contributed by atoms with van der Waals surface area (Å²) in [5.41, 5.74) is 2.28. The molecule has 3 aliphatic heterocycles. The number of carbonyl (C=O) groups is 12. The minimum absolute atomic E-state index is 0.0503. The lowest BCUT2D eigenvalue weighted by atomic mass is 9.90. The maximum atomic E-state index is 13.6. The number of likely N-dealkylation sites (N-methyl/N-ethyl adjacent to an activating group) is 1. The van der Waals surface area contributed by atoms with Crippen molar-refractivity contribution in [2.24, 2.45) is 35.5 Å². The zero-order chi connectivity index (χ0) is 83.1. The second kappa shape index (κ2) is 38.8. The van der Waals surface area contributed by atoms with Gasteiger partial charge >= 0.3 is 23.9 Å². The molecule has 0 spiro atoms. The molecule has 3 saturated heterocycles. The van der Waals surface area contributed by atoms with Crippen LogP contribution in [-0.2, 0) is 81.4 Å². The number of phenolic OH excluding ortho intramolecular Hbond substituents is 3. The number of amides is 8. The van der Waals surface area contributed by atoms with Crippen LogP contribution >= 0.6 is 0 Å². The van der Waals surface area contributed by atoms with Crippen LogP contribution in [0.3, 0.4) is 0 Å². The summed E-state index contributed by atoms with van der Waals surface area (Å²) in [6.45, 7) is 8.96. The molecule has 30 heteroatoms. The highest BCUT2D eigenvalue weighted by Gasteiger charge is 2.49. The van der Waals surface area contributed by atoms with Crippen molar-refractivity contribution in [3.05, 3.63) is 197 Å². The minimum Gasteiger partial charge on any atom is -0.507 e. The number of cyclic esters (lactones) is 4. The molecule has 612 valence electrons. The summed E-state index contributed by atoms with van der Waals surface area (Å²) in [5.74, 6) is -12.5. The van der Waals surface area contributed by atoms with Crippen molar-refractivity contribution in [2.75, 3.05) is 7.05 Å². The Bertz CT molecular complexity index is 4280. The van der Waals surface area contributed by atoms with Crippen LogP contribution < -0.4 is 37.2 Å². The van der Waals surface area contributed by atoms with E-state index in [0.29, 0.717) is 12.8 Å². The third kappa shape index (κ3) is 22.4. The minimum atomic E-state index is -1.37. The summed E-state index contributed by atoms with van der Waals surface area (Å²) in [6, 6.07) is 36.5. The number of aliphatic hydroxyl groups excluding tert-OH is 3. The number of aliphatic hydroxyl groups is 3. The number of ether oxygens (including phenoxy) is 4. The van der Waals surface area contributed by atoms with Crippen LogP contribution in [0.25, 0.3) is 0 Å². The van der Waals surface area contributed by atoms with Gasteiger partial charge < -0.3 is 91.7 Å². The highest BCUT2D eigenvalue weighted by Crippen LogP contribution is 2.39. The molecule has 13 N–H and O–H groups in total. The fourth-order valence-electron chi connectivity index (χ4n) is 14.1. The first-order valence-electron chi connectivity index (χ1n) is 38.6. The zero-order valence-corrected chi connectivity index (χ0v) is 64.7. The van der Waals surface area contributed by atoms with Crippen molar-refractivity contribution < 1.29 is 107 Å². The molecule has 6 aliphatic rings. The van der Waals surface area contributed by atoms with Gasteiger partial charge in [-0.05, 0) is 150 Å². The number of aromatic hydroxyl groups is 3. The molecule has 3 aliphatic carbocycles. The van der Waals surface area contributed by atoms with E-state index in [0.717, 1.165) is 42.4 Å². The van der Waals surface area contributed by atoms with Crippen molar-refractivity contribution in [2.45, 2.75) is 190 Å². The number of para-hydroxylation sites is 3. The Balaban J connectivity index is 0.000000182. The van der Waals surface area contributed by atoms with Crippen molar-refractivity contribution in [1.82, 2.24) is 42.1 Å². The quantitative estimate of drug-likeness (QED) is 0.0511. The Morgan fingerprint density at radius 2 is 0.696 bits per heavy atom. The molecule has 6 aromatic rings. The molecule has 6 aromatic carbocycles. The molecule has 3 heterocycles. The first-order chi connectivity index (χ1) is 54.9. The molecular formula is C85H100N8O22. The molecule has 0 radical (unpaired) electrons. The van der Waals surface area contributed by atoms with Crippen LogP contribution in [0.2, 0.25) is 0 Å². The van der Waals surface area contributed by atoms with E-state index in [9.17, 15) is 88.2 Å². The van der Waals surface area contributed by atoms with E-state index in [2.05, 4.69) is 37.2 Å². The predicted octanol–water partition coefficient (Wildman–Crippen LogP) is 3.93. The van der Waals surface area contributed by atoms with Gasteiger partial charge in [-0.2, -0.15) is 0 Å². The van der Waals surface area contributed by atoms with Gasteiger partial charge in [-0.3, -0.25) is 43.2 Å². The summed E-state index contributed by atoms with van der Waals surface area (Å²) < 4.78 is 22.3. The molecule has 8 amide bonds. The summed E-state index contributed by atoms with van der Waals surface area (Å²) in [6.07, 6.45) is -3.61. The fraction of sp³-hybridized carbons (Fsp3) is 0.435. The molecule has 30 nitrogen and oxygen atoms in total. The lowest BCUT2D eigenvalue weighted by Crippen LogP contribution is -2.61. The Hall–Kier alpha value is -11.8. The lowest BCUT2D eigenvalue weighted by Gasteiger charge is -2.36. The average molecular weight is 1590 g/mol. The average Bonchev–Trinajstić information content (AvgIpc) is 1.78. The summed E-state index contributed by atoms with van der Waals surface area (Å²) in [4.78, 5) is 160. The number of hydrogen-bond acceptors (Lipinski definition) is 22. The Morgan fingerprint density at radius 3 is 1.05 bits per heavy atom. The molecule has 18 atom stereocenters. The van der Waals surface area contributed by atoms with Crippen LogP contribution in [-0.4, -0.2) is 205 Å². The van der Waals surface area contributed by atoms with Gasteiger partial charge in [0.2, 0.25) is 35.6 Å². The maximum absolute atomic E-state index is 13.6. The summed E-state index contributed by atoms with van der Waals surface area (Å²) in [5, 5.41) is 82.8. The summed E-state index contributed by atoms with van der Waals surface area (Å²) >= 11 is 0. The number of carbonyl (C=O) groups excluding carboxylic acids is 12. The number of hydrogen-bond donors (Lipinski definition) is 13. The van der Waals surface area contributed by atoms with Gasteiger partial charge in [0.25, 0.3) is 17.7 Å². The van der Waals surface area contributed by atoms with Crippen molar-refractivity contribution in [1.29, 1.82) is 0 Å². The smallest absolute Gasteiger partial charge is 0.348 e. The van der Waals surface area contributed by atoms with E-state index in [-0.39, 0.29) is 71.0 Å². The SMILES string of the molecule is C[C@H]1OC(=O)C(C2CC2)N(C)C(=O)[C@H](C)[C@H](O)[C@H](Cc2ccccc2)NC(=O)[C@H]1NC(=O)c1ccccc1O.C[C@H]1OC(=O)C(C2CC2)NC(=O)[C@H](C)[C@H](O)[C@H](Cc2ccccc2)NC(=O)[C@H]1NC(=O)c1ccccc1O.C[C@H]1OC(=O)C(C2CC2)OC(=O)[C@H](C)[C@H](O)[C@H](Cc2ccccc2)NC(=O)[C@H]1NC(=O)c1ccccc1O. The second-order valence-corrected chi connectivity index (χ2v) is 30.3. The van der Waals surface area contributed by atoms with Crippen LogP contribution in [0.15, 0.2) is 164 Å². The number of phenols is 3. The second-order valence-electron chi connectivity index (χ2n) is 30.3.